The number of carboxylic acids is 1. The van der Waals surface area contributed by atoms with Crippen LogP contribution in [0.4, 0.5) is 0 Å². The van der Waals surface area contributed by atoms with Gasteiger partial charge in [-0.2, -0.15) is 0 Å². The Balaban J connectivity index is 4.39. The molecule has 12 heteroatoms. The van der Waals surface area contributed by atoms with Gasteiger partial charge in [-0.3, -0.25) is 23.4 Å². The Morgan fingerprint density at radius 2 is 0.885 bits per heavy atom. The predicted molar refractivity (Wildman–Crippen MR) is 249 cm³/mol. The number of rotatable bonds is 45. The minimum absolute atomic E-state index is 0.0862. The van der Waals surface area contributed by atoms with Crippen molar-refractivity contribution in [2.75, 3.05) is 19.8 Å². The molecule has 0 aromatic heterocycles. The Morgan fingerprint density at radius 1 is 0.508 bits per heavy atom. The molecule has 0 amide bonds. The molecule has 61 heavy (non-hydrogen) atoms. The lowest BCUT2D eigenvalue weighted by molar-refractivity contribution is -0.161. The summed E-state index contributed by atoms with van der Waals surface area (Å²) in [5, 5.41) is 8.90. The molecule has 354 valence electrons. The molecule has 0 saturated heterocycles. The summed E-state index contributed by atoms with van der Waals surface area (Å²) in [6.07, 6.45) is 50.4. The van der Waals surface area contributed by atoms with Crippen LogP contribution in [0.1, 0.15) is 213 Å². The van der Waals surface area contributed by atoms with E-state index in [0.717, 1.165) is 38.5 Å². The molecule has 3 atom stereocenters. The number of phosphoric acid groups is 1. The van der Waals surface area contributed by atoms with Crippen LogP contribution in [0.3, 0.4) is 0 Å². The van der Waals surface area contributed by atoms with Gasteiger partial charge < -0.3 is 25.2 Å². The molecule has 0 bridgehead atoms. The summed E-state index contributed by atoms with van der Waals surface area (Å²) >= 11 is 0. The van der Waals surface area contributed by atoms with E-state index in [4.69, 9.17) is 24.8 Å². The quantitative estimate of drug-likeness (QED) is 0.0230. The van der Waals surface area contributed by atoms with Crippen molar-refractivity contribution in [2.24, 2.45) is 5.73 Å². The monoisotopic (exact) mass is 882 g/mol. The molecule has 0 heterocycles. The van der Waals surface area contributed by atoms with Crippen LogP contribution in [0.5, 0.6) is 0 Å². The van der Waals surface area contributed by atoms with Crippen LogP contribution in [0.15, 0.2) is 48.6 Å². The highest BCUT2D eigenvalue weighted by Crippen LogP contribution is 2.43. The Morgan fingerprint density at radius 3 is 1.34 bits per heavy atom. The Hall–Kier alpha value is -2.56. The maximum atomic E-state index is 12.6. The number of carbonyl (C=O) groups is 3. The van der Waals surface area contributed by atoms with E-state index in [1.54, 1.807) is 0 Å². The molecule has 0 aromatic rings. The normalized spacial score (nSPS) is 14.0. The number of hydrogen-bond acceptors (Lipinski definition) is 9. The Labute approximate surface area is 371 Å². The number of carboxylic acid groups (broad SMARTS) is 1. The first-order chi connectivity index (χ1) is 29.6. The van der Waals surface area contributed by atoms with E-state index in [1.807, 2.05) is 12.2 Å². The third-order valence-electron chi connectivity index (χ3n) is 10.3. The van der Waals surface area contributed by atoms with Gasteiger partial charge in [0.15, 0.2) is 6.10 Å². The van der Waals surface area contributed by atoms with Crippen molar-refractivity contribution in [3.8, 4) is 0 Å². The maximum Gasteiger partial charge on any atom is 0.472 e. The largest absolute Gasteiger partial charge is 0.480 e. The van der Waals surface area contributed by atoms with Gasteiger partial charge in [0.25, 0.3) is 0 Å². The van der Waals surface area contributed by atoms with E-state index in [1.165, 1.54) is 128 Å². The van der Waals surface area contributed by atoms with Gasteiger partial charge in [-0.25, -0.2) is 4.57 Å². The second-order valence-electron chi connectivity index (χ2n) is 16.2. The van der Waals surface area contributed by atoms with Crippen molar-refractivity contribution in [1.82, 2.24) is 0 Å². The summed E-state index contributed by atoms with van der Waals surface area (Å²) < 4.78 is 32.7. The lowest BCUT2D eigenvalue weighted by atomic mass is 10.0. The molecule has 0 aliphatic carbocycles. The van der Waals surface area contributed by atoms with Crippen LogP contribution in [0.25, 0.3) is 0 Å². The number of phosphoric ester groups is 1. The summed E-state index contributed by atoms with van der Waals surface area (Å²) in [4.78, 5) is 46.0. The van der Waals surface area contributed by atoms with Crippen LogP contribution in [0.2, 0.25) is 0 Å². The fraction of sp³-hybridized carbons (Fsp3) is 0.776. The van der Waals surface area contributed by atoms with Crippen molar-refractivity contribution in [1.29, 1.82) is 0 Å². The molecular weight excluding hydrogens is 794 g/mol. The van der Waals surface area contributed by atoms with Gasteiger partial charge in [-0.1, -0.05) is 197 Å². The van der Waals surface area contributed by atoms with E-state index in [0.29, 0.717) is 19.3 Å². The van der Waals surface area contributed by atoms with Gasteiger partial charge in [0.2, 0.25) is 0 Å². The van der Waals surface area contributed by atoms with Crippen LogP contribution >= 0.6 is 7.82 Å². The second-order valence-corrected chi connectivity index (χ2v) is 17.7. The minimum Gasteiger partial charge on any atom is -0.480 e. The molecule has 0 saturated carbocycles. The predicted octanol–water partition coefficient (Wildman–Crippen LogP) is 13.3. The van der Waals surface area contributed by atoms with Gasteiger partial charge in [-0.05, 0) is 51.4 Å². The molecule has 0 rings (SSSR count). The van der Waals surface area contributed by atoms with Crippen molar-refractivity contribution in [2.45, 2.75) is 225 Å². The molecule has 0 radical (unpaired) electrons. The zero-order valence-corrected chi connectivity index (χ0v) is 39.4. The van der Waals surface area contributed by atoms with Gasteiger partial charge in [0.1, 0.15) is 12.6 Å². The van der Waals surface area contributed by atoms with Gasteiger partial charge in [0.05, 0.1) is 13.2 Å². The molecule has 0 fully saturated rings. The number of carbonyl (C=O) groups excluding carboxylic acids is 2. The SMILES string of the molecule is CCCCCCCCC/C=C/C/C=C/C/C=C/C/C=C/CCCC(=O)O[C@H](COC(=O)CCCCCCCCCCCCCCCCCC)COP(=O)(O)OC[C@H](N)C(=O)O. The minimum atomic E-state index is -4.73. The number of aliphatic carboxylic acids is 1. The zero-order valence-electron chi connectivity index (χ0n) is 38.5. The number of allylic oxidation sites excluding steroid dienone is 8. The van der Waals surface area contributed by atoms with Crippen LogP contribution < -0.4 is 5.73 Å². The highest BCUT2D eigenvalue weighted by Gasteiger charge is 2.28. The summed E-state index contributed by atoms with van der Waals surface area (Å²) in [5.74, 6) is -2.44. The fourth-order valence-corrected chi connectivity index (χ4v) is 7.31. The highest BCUT2D eigenvalue weighted by atomic mass is 31.2. The number of ether oxygens (including phenoxy) is 2. The third kappa shape index (κ3) is 43.9. The summed E-state index contributed by atoms with van der Waals surface area (Å²) in [7, 11) is -4.73. The second kappa shape index (κ2) is 44.1. The molecule has 1 unspecified atom stereocenters. The van der Waals surface area contributed by atoms with Crippen LogP contribution in [-0.2, 0) is 37.5 Å². The van der Waals surface area contributed by atoms with Crippen molar-refractivity contribution >= 4 is 25.7 Å². The zero-order chi connectivity index (χ0) is 44.9. The smallest absolute Gasteiger partial charge is 0.472 e. The first-order valence-corrected chi connectivity index (χ1v) is 25.7. The van der Waals surface area contributed by atoms with Gasteiger partial charge >= 0.3 is 25.7 Å². The molecule has 11 nitrogen and oxygen atoms in total. The van der Waals surface area contributed by atoms with Crippen molar-refractivity contribution < 1.29 is 47.5 Å². The van der Waals surface area contributed by atoms with Gasteiger partial charge in [-0.15, -0.1) is 0 Å². The molecule has 0 aromatic carbocycles. The van der Waals surface area contributed by atoms with E-state index in [-0.39, 0.29) is 19.4 Å². The van der Waals surface area contributed by atoms with Crippen LogP contribution in [0, 0.1) is 0 Å². The van der Waals surface area contributed by atoms with Crippen LogP contribution in [-0.4, -0.2) is 59.9 Å². The molecular formula is C49H88NO10P. The molecule has 0 aliphatic heterocycles. The maximum absolute atomic E-state index is 12.6. The lowest BCUT2D eigenvalue weighted by Gasteiger charge is -2.20. The van der Waals surface area contributed by atoms with E-state index in [9.17, 15) is 23.8 Å². The first-order valence-electron chi connectivity index (χ1n) is 24.2. The van der Waals surface area contributed by atoms with E-state index in [2.05, 4.69) is 54.8 Å². The third-order valence-corrected chi connectivity index (χ3v) is 11.3. The molecule has 0 spiro atoms. The average molecular weight is 882 g/mol. The number of nitrogens with two attached hydrogens (primary N) is 1. The Bertz CT molecular complexity index is 1220. The lowest BCUT2D eigenvalue weighted by Crippen LogP contribution is -2.34. The summed E-state index contributed by atoms with van der Waals surface area (Å²) in [5.41, 5.74) is 5.34. The van der Waals surface area contributed by atoms with Crippen molar-refractivity contribution in [3.05, 3.63) is 48.6 Å². The highest BCUT2D eigenvalue weighted by molar-refractivity contribution is 7.47. The van der Waals surface area contributed by atoms with Gasteiger partial charge in [0, 0.05) is 12.8 Å². The molecule has 4 N–H and O–H groups in total. The summed E-state index contributed by atoms with van der Waals surface area (Å²) in [6, 6.07) is -1.53. The van der Waals surface area contributed by atoms with E-state index < -0.39 is 51.1 Å². The van der Waals surface area contributed by atoms with E-state index >= 15 is 0 Å². The summed E-state index contributed by atoms with van der Waals surface area (Å²) in [6.45, 7) is 2.77. The standard InChI is InChI=1S/C49H88NO10P/c1-3-5-7-9-11-13-15-17-19-21-22-23-24-25-27-29-31-33-35-37-39-41-48(52)60-45(43-58-61(55,56)59-44-46(50)49(53)54)42-57-47(51)40-38-36-34-32-30-28-26-20-18-16-14-12-10-8-6-4-2/h19,21,23-24,27,29,33,35,45-46H,3-18,20,22,25-26,28,30-32,34,36-44,50H2,1-2H3,(H,53,54)(H,55,56)/b21-19+,24-23+,29-27+,35-33+/t45-,46+/m1/s1. The number of esters is 2. The molecule has 0 aliphatic rings. The first kappa shape index (κ1) is 58.4. The fourth-order valence-electron chi connectivity index (χ4n) is 6.53. The number of unbranched alkanes of at least 4 members (excludes halogenated alkanes) is 23. The average Bonchev–Trinajstić information content (AvgIpc) is 3.24. The number of hydrogen-bond donors (Lipinski definition) is 3. The van der Waals surface area contributed by atoms with Crippen molar-refractivity contribution in [3.63, 3.8) is 0 Å². The Kier molecular flexibility index (Phi) is 42.2. The topological polar surface area (TPSA) is 172 Å².